The van der Waals surface area contributed by atoms with Gasteiger partial charge in [-0.3, -0.25) is 14.4 Å². The van der Waals surface area contributed by atoms with E-state index in [1.54, 1.807) is 29.2 Å². The Morgan fingerprint density at radius 2 is 1.93 bits per heavy atom. The van der Waals surface area contributed by atoms with Crippen LogP contribution in [0.1, 0.15) is 25.3 Å². The minimum absolute atomic E-state index is 0.0714. The van der Waals surface area contributed by atoms with Crippen molar-refractivity contribution >= 4 is 29.1 Å². The van der Waals surface area contributed by atoms with Gasteiger partial charge in [0.15, 0.2) is 6.61 Å². The molecule has 2 aromatic rings. The summed E-state index contributed by atoms with van der Waals surface area (Å²) < 4.78 is 5.54. The number of amides is 3. The number of carbonyl (C=O) groups is 3. The van der Waals surface area contributed by atoms with Crippen molar-refractivity contribution in [1.29, 1.82) is 0 Å². The normalized spacial score (nSPS) is 15.7. The van der Waals surface area contributed by atoms with Gasteiger partial charge in [-0.2, -0.15) is 0 Å². The van der Waals surface area contributed by atoms with Gasteiger partial charge in [0.05, 0.1) is 5.92 Å². The summed E-state index contributed by atoms with van der Waals surface area (Å²) in [5.74, 6) is -0.197. The highest BCUT2D eigenvalue weighted by atomic mass is 16.5. The zero-order valence-electron chi connectivity index (χ0n) is 17.3. The fraction of sp³-hybridized carbons (Fsp3) is 0.348. The van der Waals surface area contributed by atoms with Crippen LogP contribution in [0.25, 0.3) is 0 Å². The SMILES string of the molecule is CCCNC(=O)[C@@H]1CC(=O)N(c2ccc(OCC(=O)Nc3cccc(C)c3)cc2)C1. The van der Waals surface area contributed by atoms with Crippen LogP contribution in [-0.4, -0.2) is 37.4 Å². The van der Waals surface area contributed by atoms with E-state index < -0.39 is 0 Å². The lowest BCUT2D eigenvalue weighted by Crippen LogP contribution is -2.33. The summed E-state index contributed by atoms with van der Waals surface area (Å²) >= 11 is 0. The van der Waals surface area contributed by atoms with E-state index >= 15 is 0 Å². The maximum atomic E-state index is 12.3. The molecular weight excluding hydrogens is 382 g/mol. The van der Waals surface area contributed by atoms with Gasteiger partial charge in [0.2, 0.25) is 11.8 Å². The van der Waals surface area contributed by atoms with Crippen LogP contribution < -0.4 is 20.3 Å². The monoisotopic (exact) mass is 409 g/mol. The highest BCUT2D eigenvalue weighted by molar-refractivity contribution is 6.00. The van der Waals surface area contributed by atoms with Crippen LogP contribution in [0.2, 0.25) is 0 Å². The van der Waals surface area contributed by atoms with Gasteiger partial charge in [-0.25, -0.2) is 0 Å². The van der Waals surface area contributed by atoms with Crippen LogP contribution >= 0.6 is 0 Å². The molecule has 1 heterocycles. The molecule has 3 rings (SSSR count). The molecule has 0 aliphatic carbocycles. The molecule has 0 radical (unpaired) electrons. The van der Waals surface area contributed by atoms with Crippen LogP contribution in [0.5, 0.6) is 5.75 Å². The molecule has 1 saturated heterocycles. The first kappa shape index (κ1) is 21.4. The predicted octanol–water partition coefficient (Wildman–Crippen LogP) is 2.89. The second-order valence-corrected chi connectivity index (χ2v) is 7.40. The Balaban J connectivity index is 1.51. The minimum atomic E-state index is -0.328. The zero-order chi connectivity index (χ0) is 21.5. The molecule has 7 nitrogen and oxygen atoms in total. The number of rotatable bonds is 8. The molecular formula is C23H27N3O4. The lowest BCUT2D eigenvalue weighted by Gasteiger charge is -2.17. The van der Waals surface area contributed by atoms with Crippen LogP contribution in [-0.2, 0) is 14.4 Å². The minimum Gasteiger partial charge on any atom is -0.484 e. The van der Waals surface area contributed by atoms with Crippen LogP contribution in [0.3, 0.4) is 0 Å². The maximum absolute atomic E-state index is 12.3. The highest BCUT2D eigenvalue weighted by Crippen LogP contribution is 2.27. The molecule has 1 fully saturated rings. The molecule has 3 amide bonds. The molecule has 0 saturated carbocycles. The van der Waals surface area contributed by atoms with E-state index in [1.807, 2.05) is 38.1 Å². The number of carbonyl (C=O) groups excluding carboxylic acids is 3. The summed E-state index contributed by atoms with van der Waals surface area (Å²) in [7, 11) is 0. The van der Waals surface area contributed by atoms with Crippen molar-refractivity contribution in [2.24, 2.45) is 5.92 Å². The maximum Gasteiger partial charge on any atom is 0.262 e. The van der Waals surface area contributed by atoms with E-state index in [-0.39, 0.29) is 36.7 Å². The predicted molar refractivity (Wildman–Crippen MR) is 116 cm³/mol. The molecule has 0 spiro atoms. The molecule has 2 N–H and O–H groups in total. The smallest absolute Gasteiger partial charge is 0.262 e. The van der Waals surface area contributed by atoms with E-state index in [1.165, 1.54) is 0 Å². The van der Waals surface area contributed by atoms with Gasteiger partial charge >= 0.3 is 0 Å². The molecule has 0 unspecified atom stereocenters. The van der Waals surface area contributed by atoms with Gasteiger partial charge in [0, 0.05) is 30.9 Å². The first-order valence-electron chi connectivity index (χ1n) is 10.1. The third-order valence-corrected chi connectivity index (χ3v) is 4.87. The summed E-state index contributed by atoms with van der Waals surface area (Å²) in [5.41, 5.74) is 2.50. The Kier molecular flexibility index (Phi) is 7.06. The molecule has 1 aliphatic rings. The van der Waals surface area contributed by atoms with E-state index in [0.717, 1.165) is 17.7 Å². The van der Waals surface area contributed by atoms with Crippen molar-refractivity contribution in [1.82, 2.24) is 5.32 Å². The Morgan fingerprint density at radius 1 is 1.17 bits per heavy atom. The standard InChI is InChI=1S/C23H27N3O4/c1-3-11-24-23(29)17-13-22(28)26(14-17)19-7-9-20(10-8-19)30-15-21(27)25-18-6-4-5-16(2)12-18/h4-10,12,17H,3,11,13-15H2,1-2H3,(H,24,29)(H,25,27)/t17-/m1/s1. The van der Waals surface area contributed by atoms with Crippen LogP contribution in [0, 0.1) is 12.8 Å². The summed E-state index contributed by atoms with van der Waals surface area (Å²) in [5, 5.41) is 5.64. The van der Waals surface area contributed by atoms with E-state index in [2.05, 4.69) is 10.6 Å². The highest BCUT2D eigenvalue weighted by Gasteiger charge is 2.34. The average Bonchev–Trinajstić information content (AvgIpc) is 3.12. The molecule has 0 bridgehead atoms. The van der Waals surface area contributed by atoms with Crippen molar-refractivity contribution in [3.05, 3.63) is 54.1 Å². The average molecular weight is 409 g/mol. The third kappa shape index (κ3) is 5.59. The van der Waals surface area contributed by atoms with Crippen molar-refractivity contribution in [3.8, 4) is 5.75 Å². The molecule has 1 aliphatic heterocycles. The largest absolute Gasteiger partial charge is 0.484 e. The molecule has 30 heavy (non-hydrogen) atoms. The van der Waals surface area contributed by atoms with Gasteiger partial charge in [-0.1, -0.05) is 19.1 Å². The first-order chi connectivity index (χ1) is 14.5. The summed E-state index contributed by atoms with van der Waals surface area (Å²) in [6, 6.07) is 14.5. The van der Waals surface area contributed by atoms with Gasteiger partial charge in [0.1, 0.15) is 5.75 Å². The van der Waals surface area contributed by atoms with Crippen LogP contribution in [0.15, 0.2) is 48.5 Å². The molecule has 1 atom stereocenters. The third-order valence-electron chi connectivity index (χ3n) is 4.87. The Hall–Kier alpha value is -3.35. The Morgan fingerprint density at radius 3 is 2.63 bits per heavy atom. The van der Waals surface area contributed by atoms with E-state index in [9.17, 15) is 14.4 Å². The molecule has 2 aromatic carbocycles. The lowest BCUT2D eigenvalue weighted by atomic mass is 10.1. The lowest BCUT2D eigenvalue weighted by molar-refractivity contribution is -0.126. The van der Waals surface area contributed by atoms with Gasteiger partial charge in [0.25, 0.3) is 5.91 Å². The molecule has 7 heteroatoms. The summed E-state index contributed by atoms with van der Waals surface area (Å²) in [6.45, 7) is 4.82. The Bertz CT molecular complexity index is 911. The fourth-order valence-electron chi connectivity index (χ4n) is 3.32. The zero-order valence-corrected chi connectivity index (χ0v) is 17.3. The number of ether oxygens (including phenoxy) is 1. The Labute approximate surface area is 176 Å². The fourth-order valence-corrected chi connectivity index (χ4v) is 3.32. The number of hydrogen-bond acceptors (Lipinski definition) is 4. The number of nitrogens with zero attached hydrogens (tertiary/aromatic N) is 1. The van der Waals surface area contributed by atoms with E-state index in [4.69, 9.17) is 4.74 Å². The first-order valence-corrected chi connectivity index (χ1v) is 10.1. The number of benzene rings is 2. The van der Waals surface area contributed by atoms with Crippen LogP contribution in [0.4, 0.5) is 11.4 Å². The van der Waals surface area contributed by atoms with Gasteiger partial charge in [-0.15, -0.1) is 0 Å². The number of aryl methyl sites for hydroxylation is 1. The van der Waals surface area contributed by atoms with Gasteiger partial charge in [-0.05, 0) is 55.3 Å². The molecule has 158 valence electrons. The van der Waals surface area contributed by atoms with Crippen molar-refractivity contribution < 1.29 is 19.1 Å². The summed E-state index contributed by atoms with van der Waals surface area (Å²) in [4.78, 5) is 38.1. The number of hydrogen-bond donors (Lipinski definition) is 2. The summed E-state index contributed by atoms with van der Waals surface area (Å²) in [6.07, 6.45) is 1.08. The van der Waals surface area contributed by atoms with Crippen molar-refractivity contribution in [3.63, 3.8) is 0 Å². The second-order valence-electron chi connectivity index (χ2n) is 7.40. The molecule has 0 aromatic heterocycles. The van der Waals surface area contributed by atoms with Crippen molar-refractivity contribution in [2.75, 3.05) is 29.9 Å². The van der Waals surface area contributed by atoms with Crippen molar-refractivity contribution in [2.45, 2.75) is 26.7 Å². The van der Waals surface area contributed by atoms with Gasteiger partial charge < -0.3 is 20.3 Å². The van der Waals surface area contributed by atoms with E-state index in [0.29, 0.717) is 24.5 Å². The quantitative estimate of drug-likeness (QED) is 0.702. The second kappa shape index (κ2) is 9.91. The number of nitrogens with one attached hydrogen (secondary N) is 2. The topological polar surface area (TPSA) is 87.7 Å². The number of anilines is 2.